The quantitative estimate of drug-likeness (QED) is 0.733. The highest BCUT2D eigenvalue weighted by Gasteiger charge is 2.07. The van der Waals surface area contributed by atoms with Crippen LogP contribution >= 0.6 is 0 Å². The molecule has 0 amide bonds. The lowest BCUT2D eigenvalue weighted by molar-refractivity contribution is 0.578. The molecular weight excluding hydrogens is 276 g/mol. The molecule has 0 atom stereocenters. The Bertz CT molecular complexity index is 673. The number of rotatable bonds is 7. The Morgan fingerprint density at radius 3 is 2.70 bits per heavy atom. The Balaban J connectivity index is 1.87. The molecule has 1 heterocycles. The number of fused-ring (bicyclic) bond motifs is 1. The largest absolute Gasteiger partial charge is 0.310 e. The fourth-order valence-corrected chi connectivity index (χ4v) is 2.79. The van der Waals surface area contributed by atoms with Crippen molar-refractivity contribution in [3.63, 3.8) is 0 Å². The maximum Gasteiger partial charge on any atom is 0.212 e. The summed E-state index contributed by atoms with van der Waals surface area (Å²) in [4.78, 5) is 8.76. The average molecular weight is 294 g/mol. The average Bonchev–Trinajstić information content (AvgIpc) is 2.43. The van der Waals surface area contributed by atoms with E-state index in [9.17, 15) is 8.42 Å². The van der Waals surface area contributed by atoms with E-state index in [0.29, 0.717) is 19.6 Å². The third-order valence-electron chi connectivity index (χ3n) is 2.72. The maximum absolute atomic E-state index is 11.4. The Morgan fingerprint density at radius 1 is 1.20 bits per heavy atom. The van der Waals surface area contributed by atoms with E-state index < -0.39 is 10.0 Å². The summed E-state index contributed by atoms with van der Waals surface area (Å²) in [7, 11) is -3.17. The lowest BCUT2D eigenvalue weighted by Crippen LogP contribution is -2.31. The number of benzene rings is 1. The molecule has 0 aliphatic carbocycles. The van der Waals surface area contributed by atoms with Crippen LogP contribution in [0.5, 0.6) is 0 Å². The van der Waals surface area contributed by atoms with Gasteiger partial charge in [0.1, 0.15) is 0 Å². The molecule has 2 rings (SSSR count). The molecule has 0 spiro atoms. The van der Waals surface area contributed by atoms with E-state index >= 15 is 0 Å². The van der Waals surface area contributed by atoms with E-state index in [2.05, 4.69) is 20.0 Å². The van der Waals surface area contributed by atoms with Crippen LogP contribution in [0.1, 0.15) is 12.6 Å². The van der Waals surface area contributed by atoms with Gasteiger partial charge >= 0.3 is 0 Å². The molecule has 108 valence electrons. The number of hydrogen-bond donors (Lipinski definition) is 2. The first-order chi connectivity index (χ1) is 9.61. The zero-order chi connectivity index (χ0) is 14.4. The second kappa shape index (κ2) is 6.74. The van der Waals surface area contributed by atoms with Gasteiger partial charge in [-0.05, 0) is 12.1 Å². The molecule has 0 radical (unpaired) electrons. The van der Waals surface area contributed by atoms with Crippen molar-refractivity contribution >= 4 is 21.1 Å². The summed E-state index contributed by atoms with van der Waals surface area (Å²) in [6.07, 6.45) is 1.70. The summed E-state index contributed by atoms with van der Waals surface area (Å²) < 4.78 is 25.3. The van der Waals surface area contributed by atoms with Crippen LogP contribution in [-0.4, -0.2) is 37.2 Å². The van der Waals surface area contributed by atoms with Crippen molar-refractivity contribution in [1.82, 2.24) is 20.0 Å². The van der Waals surface area contributed by atoms with Gasteiger partial charge in [0.2, 0.25) is 10.0 Å². The third-order valence-corrected chi connectivity index (χ3v) is 4.19. The van der Waals surface area contributed by atoms with Crippen LogP contribution in [0.3, 0.4) is 0 Å². The Morgan fingerprint density at radius 2 is 1.95 bits per heavy atom. The number of aromatic nitrogens is 2. The van der Waals surface area contributed by atoms with E-state index in [-0.39, 0.29) is 5.75 Å². The van der Waals surface area contributed by atoms with Crippen LogP contribution in [0.25, 0.3) is 11.0 Å². The topological polar surface area (TPSA) is 84.0 Å². The van der Waals surface area contributed by atoms with Crippen molar-refractivity contribution in [3.8, 4) is 0 Å². The van der Waals surface area contributed by atoms with Crippen LogP contribution in [0.2, 0.25) is 0 Å². The van der Waals surface area contributed by atoms with Gasteiger partial charge in [0.05, 0.1) is 28.7 Å². The van der Waals surface area contributed by atoms with Gasteiger partial charge in [0, 0.05) is 19.6 Å². The van der Waals surface area contributed by atoms with E-state index in [4.69, 9.17) is 0 Å². The summed E-state index contributed by atoms with van der Waals surface area (Å²) in [5.41, 5.74) is 2.49. The first-order valence-corrected chi connectivity index (χ1v) is 8.14. The summed E-state index contributed by atoms with van der Waals surface area (Å²) in [5.74, 6) is 0.0574. The third kappa shape index (κ3) is 4.22. The molecule has 0 saturated carbocycles. The van der Waals surface area contributed by atoms with Gasteiger partial charge in [-0.2, -0.15) is 0 Å². The molecule has 20 heavy (non-hydrogen) atoms. The SMILES string of the molecule is CCNS(=O)(=O)CCNCc1cnc2ccccc2n1. The van der Waals surface area contributed by atoms with Gasteiger partial charge in [-0.1, -0.05) is 19.1 Å². The number of hydrogen-bond acceptors (Lipinski definition) is 5. The molecule has 1 aromatic carbocycles. The van der Waals surface area contributed by atoms with Crippen LogP contribution in [0, 0.1) is 0 Å². The lowest BCUT2D eigenvalue weighted by Gasteiger charge is -2.06. The van der Waals surface area contributed by atoms with E-state index in [1.54, 1.807) is 13.1 Å². The fraction of sp³-hybridized carbons (Fsp3) is 0.385. The molecule has 2 aromatic rings. The van der Waals surface area contributed by atoms with E-state index in [0.717, 1.165) is 16.7 Å². The fourth-order valence-electron chi connectivity index (χ4n) is 1.80. The van der Waals surface area contributed by atoms with Gasteiger partial charge in [-0.25, -0.2) is 18.1 Å². The van der Waals surface area contributed by atoms with Gasteiger partial charge < -0.3 is 5.32 Å². The Labute approximate surface area is 118 Å². The molecule has 6 nitrogen and oxygen atoms in total. The molecule has 0 fully saturated rings. The summed E-state index contributed by atoms with van der Waals surface area (Å²) >= 11 is 0. The molecule has 0 aliphatic rings. The first kappa shape index (κ1) is 14.8. The number of nitrogens with zero attached hydrogens (tertiary/aromatic N) is 2. The molecular formula is C13H18N4O2S. The molecule has 0 saturated heterocycles. The summed E-state index contributed by atoms with van der Waals surface area (Å²) in [5, 5.41) is 3.06. The highest BCUT2D eigenvalue weighted by atomic mass is 32.2. The van der Waals surface area contributed by atoms with Crippen LogP contribution in [0.15, 0.2) is 30.5 Å². The minimum Gasteiger partial charge on any atom is -0.310 e. The zero-order valence-electron chi connectivity index (χ0n) is 11.3. The van der Waals surface area contributed by atoms with Gasteiger partial charge in [-0.15, -0.1) is 0 Å². The van der Waals surface area contributed by atoms with E-state index in [1.807, 2.05) is 24.3 Å². The zero-order valence-corrected chi connectivity index (χ0v) is 12.2. The predicted octanol–water partition coefficient (Wildman–Crippen LogP) is 0.659. The van der Waals surface area contributed by atoms with Crippen molar-refractivity contribution in [3.05, 3.63) is 36.2 Å². The van der Waals surface area contributed by atoms with Gasteiger partial charge in [-0.3, -0.25) is 4.98 Å². The second-order valence-corrected chi connectivity index (χ2v) is 6.27. The summed E-state index contributed by atoms with van der Waals surface area (Å²) in [6.45, 7) is 3.05. The van der Waals surface area contributed by atoms with Crippen molar-refractivity contribution in [1.29, 1.82) is 0 Å². The van der Waals surface area contributed by atoms with Crippen LogP contribution < -0.4 is 10.0 Å². The molecule has 1 aromatic heterocycles. The van der Waals surface area contributed by atoms with Crippen molar-refractivity contribution in [2.75, 3.05) is 18.8 Å². The number of nitrogens with one attached hydrogen (secondary N) is 2. The van der Waals surface area contributed by atoms with Crippen LogP contribution in [0.4, 0.5) is 0 Å². The van der Waals surface area contributed by atoms with Gasteiger partial charge in [0.15, 0.2) is 0 Å². The number of para-hydroxylation sites is 2. The monoisotopic (exact) mass is 294 g/mol. The van der Waals surface area contributed by atoms with Crippen molar-refractivity contribution < 1.29 is 8.42 Å². The molecule has 2 N–H and O–H groups in total. The van der Waals surface area contributed by atoms with Crippen molar-refractivity contribution in [2.45, 2.75) is 13.5 Å². The minimum absolute atomic E-state index is 0.0574. The maximum atomic E-state index is 11.4. The Kier molecular flexibility index (Phi) is 4.99. The highest BCUT2D eigenvalue weighted by Crippen LogP contribution is 2.07. The van der Waals surface area contributed by atoms with E-state index in [1.165, 1.54) is 0 Å². The summed E-state index contributed by atoms with van der Waals surface area (Å²) in [6, 6.07) is 7.64. The normalized spacial score (nSPS) is 11.8. The predicted molar refractivity (Wildman–Crippen MR) is 78.7 cm³/mol. The molecule has 7 heteroatoms. The van der Waals surface area contributed by atoms with Gasteiger partial charge in [0.25, 0.3) is 0 Å². The lowest BCUT2D eigenvalue weighted by atomic mass is 10.3. The second-order valence-electron chi connectivity index (χ2n) is 4.34. The standard InChI is InChI=1S/C13H18N4O2S/c1-2-16-20(18,19)8-7-14-9-11-10-15-12-5-3-4-6-13(12)17-11/h3-6,10,14,16H,2,7-9H2,1H3. The van der Waals surface area contributed by atoms with Crippen LogP contribution in [-0.2, 0) is 16.6 Å². The molecule has 0 bridgehead atoms. The Hall–Kier alpha value is -1.57. The highest BCUT2D eigenvalue weighted by molar-refractivity contribution is 7.89. The van der Waals surface area contributed by atoms with Crippen molar-refractivity contribution in [2.24, 2.45) is 0 Å². The molecule has 0 unspecified atom stereocenters. The smallest absolute Gasteiger partial charge is 0.212 e. The minimum atomic E-state index is -3.17. The number of sulfonamides is 1. The first-order valence-electron chi connectivity index (χ1n) is 6.49. The molecule has 0 aliphatic heterocycles.